The highest BCUT2D eigenvalue weighted by Crippen LogP contribution is 2.29. The quantitative estimate of drug-likeness (QED) is 0.650. The fourth-order valence-corrected chi connectivity index (χ4v) is 2.73. The number of para-hydroxylation sites is 1. The van der Waals surface area contributed by atoms with Crippen LogP contribution in [0.3, 0.4) is 0 Å². The first kappa shape index (κ1) is 13.9. The highest BCUT2D eigenvalue weighted by atomic mass is 79.9. The number of nitrogens with one attached hydrogen (secondary N) is 1. The maximum Gasteiger partial charge on any atom is 0.198 e. The summed E-state index contributed by atoms with van der Waals surface area (Å²) >= 11 is 3.45. The third kappa shape index (κ3) is 2.72. The van der Waals surface area contributed by atoms with Gasteiger partial charge in [-0.2, -0.15) is 0 Å². The minimum atomic E-state index is 0.140. The van der Waals surface area contributed by atoms with Gasteiger partial charge in [0.15, 0.2) is 5.88 Å². The zero-order chi connectivity index (χ0) is 14.8. The highest BCUT2D eigenvalue weighted by molar-refractivity contribution is 9.10. The number of hydrogen-bond donors (Lipinski definition) is 2. The molecule has 0 saturated carbocycles. The Morgan fingerprint density at radius 3 is 2.86 bits per heavy atom. The smallest absolute Gasteiger partial charge is 0.198 e. The molecule has 0 fully saturated rings. The van der Waals surface area contributed by atoms with Gasteiger partial charge in [0.25, 0.3) is 0 Å². The summed E-state index contributed by atoms with van der Waals surface area (Å²) in [7, 11) is 0. The van der Waals surface area contributed by atoms with Gasteiger partial charge in [-0.3, -0.25) is 4.99 Å². The van der Waals surface area contributed by atoms with Crippen LogP contribution in [0.25, 0.3) is 10.9 Å². The van der Waals surface area contributed by atoms with Crippen LogP contribution in [-0.4, -0.2) is 16.3 Å². The van der Waals surface area contributed by atoms with E-state index in [-0.39, 0.29) is 5.88 Å². The van der Waals surface area contributed by atoms with Gasteiger partial charge in [0.05, 0.1) is 11.3 Å². The molecule has 0 spiro atoms. The summed E-state index contributed by atoms with van der Waals surface area (Å²) in [6.07, 6.45) is 2.65. The van der Waals surface area contributed by atoms with Gasteiger partial charge in [0, 0.05) is 21.6 Å². The van der Waals surface area contributed by atoms with Crippen molar-refractivity contribution in [1.29, 1.82) is 0 Å². The molecule has 21 heavy (non-hydrogen) atoms. The van der Waals surface area contributed by atoms with Gasteiger partial charge in [-0.05, 0) is 36.2 Å². The average molecular weight is 343 g/mol. The van der Waals surface area contributed by atoms with Crippen LogP contribution >= 0.6 is 15.9 Å². The number of halogens is 1. The van der Waals surface area contributed by atoms with Gasteiger partial charge in [-0.25, -0.2) is 0 Å². The lowest BCUT2D eigenvalue weighted by molar-refractivity contribution is 0.457. The lowest BCUT2D eigenvalue weighted by atomic mass is 10.1. The SMILES string of the molecule is CCc1ccccc1N=Cc1c(O)[nH]c2ccc(Br)cc12. The number of aliphatic imine (C=N–C) groups is 1. The normalized spacial score (nSPS) is 11.5. The number of fused-ring (bicyclic) bond motifs is 1. The minimum absolute atomic E-state index is 0.140. The van der Waals surface area contributed by atoms with E-state index in [0.717, 1.165) is 27.5 Å². The Bertz CT molecular complexity index is 821. The summed E-state index contributed by atoms with van der Waals surface area (Å²) in [6.45, 7) is 2.11. The van der Waals surface area contributed by atoms with E-state index in [1.165, 1.54) is 5.56 Å². The molecule has 4 heteroatoms. The molecule has 0 saturated heterocycles. The second-order valence-electron chi connectivity index (χ2n) is 4.82. The Morgan fingerprint density at radius 2 is 2.05 bits per heavy atom. The van der Waals surface area contributed by atoms with Gasteiger partial charge < -0.3 is 10.1 Å². The molecular weight excluding hydrogens is 328 g/mol. The number of H-pyrrole nitrogens is 1. The zero-order valence-electron chi connectivity index (χ0n) is 11.6. The summed E-state index contributed by atoms with van der Waals surface area (Å²) in [5, 5.41) is 11.0. The number of aromatic nitrogens is 1. The lowest BCUT2D eigenvalue weighted by Gasteiger charge is -2.01. The molecular formula is C17H15BrN2O. The maximum atomic E-state index is 10.1. The molecule has 0 aliphatic heterocycles. The summed E-state index contributed by atoms with van der Waals surface area (Å²) in [5.74, 6) is 0.140. The molecule has 2 N–H and O–H groups in total. The standard InChI is InChI=1S/C17H15BrN2O/c1-2-11-5-3-4-6-15(11)19-10-14-13-9-12(18)7-8-16(13)20-17(14)21/h3-10,20-21H,2H2,1H3. The molecule has 0 unspecified atom stereocenters. The first-order valence-electron chi connectivity index (χ1n) is 6.81. The predicted molar refractivity (Wildman–Crippen MR) is 90.7 cm³/mol. The van der Waals surface area contributed by atoms with E-state index in [2.05, 4.69) is 38.9 Å². The van der Waals surface area contributed by atoms with Gasteiger partial charge >= 0.3 is 0 Å². The molecule has 0 amide bonds. The van der Waals surface area contributed by atoms with Crippen molar-refractivity contribution in [3.8, 4) is 5.88 Å². The first-order chi connectivity index (χ1) is 10.2. The van der Waals surface area contributed by atoms with Crippen LogP contribution in [0.5, 0.6) is 5.88 Å². The molecule has 0 bridgehead atoms. The Balaban J connectivity index is 2.07. The van der Waals surface area contributed by atoms with Crippen LogP contribution in [0.1, 0.15) is 18.1 Å². The summed E-state index contributed by atoms with van der Waals surface area (Å²) in [5.41, 5.74) is 3.72. The monoisotopic (exact) mass is 342 g/mol. The number of rotatable bonds is 3. The Morgan fingerprint density at radius 1 is 1.24 bits per heavy atom. The van der Waals surface area contributed by atoms with Gasteiger partial charge in [-0.1, -0.05) is 41.1 Å². The first-order valence-corrected chi connectivity index (χ1v) is 7.60. The van der Waals surface area contributed by atoms with Crippen LogP contribution in [-0.2, 0) is 6.42 Å². The topological polar surface area (TPSA) is 48.4 Å². The molecule has 2 aromatic carbocycles. The van der Waals surface area contributed by atoms with Crippen molar-refractivity contribution in [2.45, 2.75) is 13.3 Å². The molecule has 0 aliphatic rings. The number of hydrogen-bond acceptors (Lipinski definition) is 2. The molecule has 106 valence electrons. The Labute approximate surface area is 131 Å². The minimum Gasteiger partial charge on any atom is -0.494 e. The van der Waals surface area contributed by atoms with Gasteiger partial charge in [0.1, 0.15) is 0 Å². The maximum absolute atomic E-state index is 10.1. The van der Waals surface area contributed by atoms with Crippen LogP contribution in [0.4, 0.5) is 5.69 Å². The van der Waals surface area contributed by atoms with Gasteiger partial charge in [0.2, 0.25) is 0 Å². The molecule has 3 aromatic rings. The second kappa shape index (κ2) is 5.74. The molecule has 0 aliphatic carbocycles. The van der Waals surface area contributed by atoms with E-state index in [4.69, 9.17) is 0 Å². The lowest BCUT2D eigenvalue weighted by Crippen LogP contribution is -1.83. The van der Waals surface area contributed by atoms with Crippen molar-refractivity contribution < 1.29 is 5.11 Å². The average Bonchev–Trinajstić information content (AvgIpc) is 2.80. The van der Waals surface area contributed by atoms with E-state index in [0.29, 0.717) is 5.56 Å². The number of aryl methyl sites for hydroxylation is 1. The van der Waals surface area contributed by atoms with Crippen LogP contribution in [0.15, 0.2) is 51.9 Å². The van der Waals surface area contributed by atoms with E-state index in [9.17, 15) is 5.11 Å². The Kier molecular flexibility index (Phi) is 3.80. The van der Waals surface area contributed by atoms with Crippen molar-refractivity contribution in [3.05, 3.63) is 58.1 Å². The van der Waals surface area contributed by atoms with Crippen molar-refractivity contribution in [2.24, 2.45) is 4.99 Å². The largest absolute Gasteiger partial charge is 0.494 e. The second-order valence-corrected chi connectivity index (χ2v) is 5.73. The molecule has 3 rings (SSSR count). The van der Waals surface area contributed by atoms with Crippen LogP contribution in [0.2, 0.25) is 0 Å². The number of nitrogens with zero attached hydrogens (tertiary/aromatic N) is 1. The molecule has 3 nitrogen and oxygen atoms in total. The van der Waals surface area contributed by atoms with Gasteiger partial charge in [-0.15, -0.1) is 0 Å². The van der Waals surface area contributed by atoms with Crippen LogP contribution < -0.4 is 0 Å². The predicted octanol–water partition coefficient (Wildman–Crippen LogP) is 4.95. The fraction of sp³-hybridized carbons (Fsp3) is 0.118. The molecule has 1 aromatic heterocycles. The van der Waals surface area contributed by atoms with Crippen molar-refractivity contribution in [1.82, 2.24) is 4.98 Å². The third-order valence-corrected chi connectivity index (χ3v) is 3.98. The Hall–Kier alpha value is -2.07. The van der Waals surface area contributed by atoms with Crippen molar-refractivity contribution >= 4 is 38.7 Å². The summed E-state index contributed by atoms with van der Waals surface area (Å²) < 4.78 is 0.970. The van der Waals surface area contributed by atoms with E-state index in [1.807, 2.05) is 36.4 Å². The number of aromatic hydroxyl groups is 1. The van der Waals surface area contributed by atoms with Crippen molar-refractivity contribution in [2.75, 3.05) is 0 Å². The molecule has 1 heterocycles. The summed E-state index contributed by atoms with van der Waals surface area (Å²) in [6, 6.07) is 13.9. The number of benzene rings is 2. The zero-order valence-corrected chi connectivity index (χ0v) is 13.2. The number of aromatic amines is 1. The fourth-order valence-electron chi connectivity index (χ4n) is 2.37. The third-order valence-electron chi connectivity index (χ3n) is 3.49. The summed E-state index contributed by atoms with van der Waals surface area (Å²) in [4.78, 5) is 7.50. The highest BCUT2D eigenvalue weighted by Gasteiger charge is 2.09. The van der Waals surface area contributed by atoms with E-state index >= 15 is 0 Å². The van der Waals surface area contributed by atoms with Crippen LogP contribution in [0, 0.1) is 0 Å². The van der Waals surface area contributed by atoms with E-state index < -0.39 is 0 Å². The van der Waals surface area contributed by atoms with Crippen molar-refractivity contribution in [3.63, 3.8) is 0 Å². The van der Waals surface area contributed by atoms with E-state index in [1.54, 1.807) is 6.21 Å². The molecule has 0 atom stereocenters. The molecule has 0 radical (unpaired) electrons.